The molecule has 0 aliphatic carbocycles. The van der Waals surface area contributed by atoms with Gasteiger partial charge < -0.3 is 0 Å². The molecule has 0 fully saturated rings. The molecule has 0 aliphatic heterocycles. The minimum Gasteiger partial charge on any atom is -0.298 e. The molecular weight excluding hydrogens is 470 g/mol. The smallest absolute Gasteiger partial charge is 0.227 e. The van der Waals surface area contributed by atoms with Crippen LogP contribution in [0.25, 0.3) is 39.1 Å². The van der Waals surface area contributed by atoms with Crippen LogP contribution in [-0.2, 0) is 0 Å². The maximum absolute atomic E-state index is 12.7. The second-order valence-electron chi connectivity index (χ2n) is 7.75. The molecule has 0 saturated carbocycles. The molecule has 0 saturated heterocycles. The van der Waals surface area contributed by atoms with Gasteiger partial charge in [-0.2, -0.15) is 4.57 Å². The predicted molar refractivity (Wildman–Crippen MR) is 137 cm³/mol. The molecule has 0 atom stereocenters. The summed E-state index contributed by atoms with van der Waals surface area (Å²) >= 11 is 3.54. The molecule has 0 radical (unpaired) electrons. The van der Waals surface area contributed by atoms with E-state index in [4.69, 9.17) is 0 Å². The number of carbonyl (C=O) groups excluding carboxylic acids is 1. The van der Waals surface area contributed by atoms with Crippen LogP contribution in [-0.4, -0.2) is 6.29 Å². The van der Waals surface area contributed by atoms with Crippen molar-refractivity contribution in [3.8, 4) is 39.1 Å². The summed E-state index contributed by atoms with van der Waals surface area (Å²) in [6.45, 7) is 0. The summed E-state index contributed by atoms with van der Waals surface area (Å²) in [5.74, 6) is 0. The van der Waals surface area contributed by atoms with Crippen LogP contribution in [0, 0.1) is 0 Å². The second-order valence-corrected chi connectivity index (χ2v) is 8.66. The summed E-state index contributed by atoms with van der Waals surface area (Å²) in [6.07, 6.45) is 5.04. The van der Waals surface area contributed by atoms with Crippen molar-refractivity contribution in [3.63, 3.8) is 0 Å². The minimum absolute atomic E-state index is 0.676. The fraction of sp³-hybridized carbons (Fsp3) is 0. The second kappa shape index (κ2) is 9.35. The van der Waals surface area contributed by atoms with E-state index in [1.807, 2.05) is 79.1 Å². The topological polar surface area (TPSA) is 20.9 Å². The lowest BCUT2D eigenvalue weighted by molar-refractivity contribution is -0.594. The van der Waals surface area contributed by atoms with E-state index in [1.165, 1.54) is 0 Å². The van der Waals surface area contributed by atoms with Crippen LogP contribution >= 0.6 is 15.9 Å². The third-order valence-electron chi connectivity index (χ3n) is 5.73. The van der Waals surface area contributed by atoms with Gasteiger partial charge in [0.05, 0.1) is 11.1 Å². The Kier molecular flexibility index (Phi) is 5.97. The first-order valence-corrected chi connectivity index (χ1v) is 11.5. The zero-order chi connectivity index (χ0) is 22.6. The number of nitrogens with zero attached hydrogens (tertiary/aromatic N) is 1. The molecule has 5 rings (SSSR count). The largest absolute Gasteiger partial charge is 0.298 e. The molecule has 5 aromatic rings. The molecule has 0 aliphatic rings. The number of hydrogen-bond acceptors (Lipinski definition) is 1. The highest BCUT2D eigenvalue weighted by Crippen LogP contribution is 2.41. The quantitative estimate of drug-likeness (QED) is 0.184. The fourth-order valence-corrected chi connectivity index (χ4v) is 4.49. The van der Waals surface area contributed by atoms with Gasteiger partial charge in [-0.3, -0.25) is 4.79 Å². The number of carbonyl (C=O) groups is 1. The van der Waals surface area contributed by atoms with Gasteiger partial charge in [-0.15, -0.1) is 0 Å². The van der Waals surface area contributed by atoms with Gasteiger partial charge in [-0.25, -0.2) is 0 Å². The number of pyridine rings is 1. The van der Waals surface area contributed by atoms with E-state index in [9.17, 15) is 4.79 Å². The van der Waals surface area contributed by atoms with Gasteiger partial charge in [0.25, 0.3) is 0 Å². The third-order valence-corrected chi connectivity index (χ3v) is 6.26. The summed E-state index contributed by atoms with van der Waals surface area (Å²) in [7, 11) is 0. The molecule has 2 nitrogen and oxygen atoms in total. The van der Waals surface area contributed by atoms with Crippen LogP contribution in [0.4, 0.5) is 0 Å². The SMILES string of the molecule is O=Cc1c(-c2ccccc2)cc(-c2ccccc2)c(-[n+]2ccccc2)c1-c1ccc(Br)cc1. The van der Waals surface area contributed by atoms with Crippen molar-refractivity contribution in [2.24, 2.45) is 0 Å². The lowest BCUT2D eigenvalue weighted by atomic mass is 9.86. The molecule has 33 heavy (non-hydrogen) atoms. The van der Waals surface area contributed by atoms with Gasteiger partial charge in [0, 0.05) is 22.2 Å². The van der Waals surface area contributed by atoms with Crippen molar-refractivity contribution in [3.05, 3.63) is 132 Å². The Bertz CT molecular complexity index is 1400. The number of halogens is 1. The average molecular weight is 491 g/mol. The van der Waals surface area contributed by atoms with E-state index in [0.29, 0.717) is 5.56 Å². The molecule has 0 unspecified atom stereocenters. The van der Waals surface area contributed by atoms with Crippen molar-refractivity contribution in [2.75, 3.05) is 0 Å². The molecule has 158 valence electrons. The van der Waals surface area contributed by atoms with Crippen molar-refractivity contribution < 1.29 is 9.36 Å². The first kappa shape index (κ1) is 21.0. The van der Waals surface area contributed by atoms with Crippen LogP contribution in [0.15, 0.2) is 126 Å². The third kappa shape index (κ3) is 4.15. The summed E-state index contributed by atoms with van der Waals surface area (Å²) in [5, 5.41) is 0. The zero-order valence-electron chi connectivity index (χ0n) is 17.9. The number of rotatable bonds is 5. The van der Waals surface area contributed by atoms with Gasteiger partial charge >= 0.3 is 0 Å². The van der Waals surface area contributed by atoms with E-state index >= 15 is 0 Å². The highest BCUT2D eigenvalue weighted by atomic mass is 79.9. The monoisotopic (exact) mass is 490 g/mol. The Morgan fingerprint density at radius 3 is 1.73 bits per heavy atom. The molecule has 0 bridgehead atoms. The highest BCUT2D eigenvalue weighted by molar-refractivity contribution is 9.10. The molecule has 0 N–H and O–H groups in total. The Morgan fingerprint density at radius 2 is 1.15 bits per heavy atom. The van der Waals surface area contributed by atoms with E-state index in [-0.39, 0.29) is 0 Å². The minimum atomic E-state index is 0.676. The Morgan fingerprint density at radius 1 is 0.606 bits per heavy atom. The predicted octanol–water partition coefficient (Wildman–Crippen LogP) is 7.54. The van der Waals surface area contributed by atoms with Crippen LogP contribution in [0.3, 0.4) is 0 Å². The van der Waals surface area contributed by atoms with E-state index in [1.54, 1.807) is 0 Å². The van der Waals surface area contributed by atoms with Crippen LogP contribution < -0.4 is 4.57 Å². The maximum atomic E-state index is 12.7. The van der Waals surface area contributed by atoms with E-state index in [0.717, 1.165) is 49.8 Å². The first-order chi connectivity index (χ1) is 16.3. The number of aromatic nitrogens is 1. The van der Waals surface area contributed by atoms with Gasteiger partial charge in [-0.05, 0) is 40.5 Å². The summed E-state index contributed by atoms with van der Waals surface area (Å²) in [4.78, 5) is 12.7. The van der Waals surface area contributed by atoms with Crippen LogP contribution in [0.2, 0.25) is 0 Å². The van der Waals surface area contributed by atoms with Gasteiger partial charge in [-0.1, -0.05) is 94.8 Å². The maximum Gasteiger partial charge on any atom is 0.227 e. The van der Waals surface area contributed by atoms with E-state index < -0.39 is 0 Å². The number of hydrogen-bond donors (Lipinski definition) is 0. The van der Waals surface area contributed by atoms with Gasteiger partial charge in [0.2, 0.25) is 5.69 Å². The molecule has 0 amide bonds. The van der Waals surface area contributed by atoms with Crippen molar-refractivity contribution in [2.45, 2.75) is 0 Å². The zero-order valence-corrected chi connectivity index (χ0v) is 19.4. The number of aldehydes is 1. The van der Waals surface area contributed by atoms with Gasteiger partial charge in [0.15, 0.2) is 18.7 Å². The van der Waals surface area contributed by atoms with Crippen LogP contribution in [0.5, 0.6) is 0 Å². The van der Waals surface area contributed by atoms with Gasteiger partial charge in [0.1, 0.15) is 0 Å². The van der Waals surface area contributed by atoms with Crippen molar-refractivity contribution >= 4 is 22.2 Å². The summed E-state index contributed by atoms with van der Waals surface area (Å²) in [6, 6.07) is 36.7. The lowest BCUT2D eigenvalue weighted by Gasteiger charge is -2.17. The average Bonchev–Trinajstić information content (AvgIpc) is 2.89. The fourth-order valence-electron chi connectivity index (χ4n) is 4.23. The van der Waals surface area contributed by atoms with E-state index in [2.05, 4.69) is 63.0 Å². The Balaban J connectivity index is 1.96. The molecule has 0 spiro atoms. The Hall–Kier alpha value is -3.82. The van der Waals surface area contributed by atoms with Crippen molar-refractivity contribution in [1.29, 1.82) is 0 Å². The lowest BCUT2D eigenvalue weighted by Crippen LogP contribution is -2.31. The molecule has 3 heteroatoms. The Labute approximate surface area is 201 Å². The highest BCUT2D eigenvalue weighted by Gasteiger charge is 2.27. The first-order valence-electron chi connectivity index (χ1n) is 10.8. The summed E-state index contributed by atoms with van der Waals surface area (Å²) < 4.78 is 3.09. The normalized spacial score (nSPS) is 10.7. The van der Waals surface area contributed by atoms with Crippen molar-refractivity contribution in [1.82, 2.24) is 0 Å². The molecular formula is C30H21BrNO+. The standard InChI is InChI=1S/C30H21BrNO/c31-25-16-14-24(15-17-25)29-28(21-33)26(22-10-4-1-5-11-22)20-27(23-12-6-2-7-13-23)30(29)32-18-8-3-9-19-32/h1-21H/q+1. The molecule has 4 aromatic carbocycles. The number of benzene rings is 4. The summed E-state index contributed by atoms with van der Waals surface area (Å²) in [5.41, 5.74) is 7.64. The molecule has 1 aromatic heterocycles. The molecule has 1 heterocycles. The van der Waals surface area contributed by atoms with Crippen LogP contribution in [0.1, 0.15) is 10.4 Å².